The first-order valence-electron chi connectivity index (χ1n) is 6.84. The zero-order chi connectivity index (χ0) is 16.2. The molecular formula is C14H17F3N2O3. The van der Waals surface area contributed by atoms with Gasteiger partial charge in [-0.25, -0.2) is 4.79 Å². The van der Waals surface area contributed by atoms with Gasteiger partial charge in [0.05, 0.1) is 5.56 Å². The van der Waals surface area contributed by atoms with Crippen LogP contribution in [0.15, 0.2) is 18.2 Å². The molecule has 1 aliphatic heterocycles. The van der Waals surface area contributed by atoms with Crippen LogP contribution in [-0.4, -0.2) is 48.8 Å². The summed E-state index contributed by atoms with van der Waals surface area (Å²) in [5.74, 6) is -0.998. The van der Waals surface area contributed by atoms with E-state index in [1.165, 1.54) is 6.07 Å². The van der Waals surface area contributed by atoms with Crippen molar-refractivity contribution in [2.45, 2.75) is 12.7 Å². The number of ether oxygens (including phenoxy) is 1. The van der Waals surface area contributed by atoms with Crippen LogP contribution in [0.5, 0.6) is 5.75 Å². The van der Waals surface area contributed by atoms with Gasteiger partial charge in [-0.05, 0) is 18.2 Å². The van der Waals surface area contributed by atoms with Crippen molar-refractivity contribution in [3.05, 3.63) is 29.3 Å². The average molecular weight is 318 g/mol. The van der Waals surface area contributed by atoms with E-state index in [0.717, 1.165) is 25.2 Å². The third kappa shape index (κ3) is 4.60. The summed E-state index contributed by atoms with van der Waals surface area (Å²) in [6, 6.07) is 3.11. The van der Waals surface area contributed by atoms with E-state index in [0.29, 0.717) is 25.2 Å². The normalized spacial score (nSPS) is 16.5. The van der Waals surface area contributed by atoms with Gasteiger partial charge in [0.1, 0.15) is 5.75 Å². The zero-order valence-electron chi connectivity index (χ0n) is 11.8. The Morgan fingerprint density at radius 1 is 1.32 bits per heavy atom. The molecule has 22 heavy (non-hydrogen) atoms. The minimum absolute atomic E-state index is 0.175. The summed E-state index contributed by atoms with van der Waals surface area (Å²) in [5.41, 5.74) is -0.418. The molecule has 2 rings (SSSR count). The number of nitrogens with one attached hydrogen (secondary N) is 1. The fraction of sp³-hybridized carbons (Fsp3) is 0.500. The van der Waals surface area contributed by atoms with Crippen LogP contribution in [0.3, 0.4) is 0 Å². The lowest BCUT2D eigenvalue weighted by Gasteiger charge is -2.28. The molecule has 5 nitrogen and oxygen atoms in total. The molecule has 1 fully saturated rings. The quantitative estimate of drug-likeness (QED) is 0.863. The lowest BCUT2D eigenvalue weighted by Crippen LogP contribution is -2.43. The Labute approximate surface area is 125 Å². The molecule has 0 atom stereocenters. The molecule has 0 radical (unpaired) electrons. The predicted molar refractivity (Wildman–Crippen MR) is 72.7 cm³/mol. The standard InChI is InChI=1S/C14H17F3N2O3/c15-14(16,17)11-1-2-12(22-9-13(20)21)10(7-11)8-19-5-3-18-4-6-19/h1-2,7,18H,3-6,8-9H2,(H,20,21). The molecule has 2 N–H and O–H groups in total. The number of rotatable bonds is 5. The number of carboxylic acid groups (broad SMARTS) is 1. The number of nitrogens with zero attached hydrogens (tertiary/aromatic N) is 1. The molecule has 0 aromatic heterocycles. The van der Waals surface area contributed by atoms with E-state index in [4.69, 9.17) is 9.84 Å². The highest BCUT2D eigenvalue weighted by Gasteiger charge is 2.31. The van der Waals surface area contributed by atoms with Gasteiger partial charge >= 0.3 is 12.1 Å². The monoisotopic (exact) mass is 318 g/mol. The van der Waals surface area contributed by atoms with Crippen molar-refractivity contribution in [1.82, 2.24) is 10.2 Å². The van der Waals surface area contributed by atoms with Crippen molar-refractivity contribution >= 4 is 5.97 Å². The van der Waals surface area contributed by atoms with Crippen LogP contribution >= 0.6 is 0 Å². The van der Waals surface area contributed by atoms with Crippen molar-refractivity contribution in [2.24, 2.45) is 0 Å². The van der Waals surface area contributed by atoms with Crippen molar-refractivity contribution in [1.29, 1.82) is 0 Å². The van der Waals surface area contributed by atoms with Gasteiger partial charge in [0, 0.05) is 38.3 Å². The maximum atomic E-state index is 12.8. The summed E-state index contributed by atoms with van der Waals surface area (Å²) >= 11 is 0. The van der Waals surface area contributed by atoms with Crippen molar-refractivity contribution < 1.29 is 27.8 Å². The van der Waals surface area contributed by atoms with Gasteiger partial charge in [-0.1, -0.05) is 0 Å². The van der Waals surface area contributed by atoms with E-state index in [1.54, 1.807) is 0 Å². The molecule has 1 heterocycles. The number of halogens is 3. The molecule has 1 aromatic carbocycles. The number of aliphatic carboxylic acids is 1. The number of hydrogen-bond acceptors (Lipinski definition) is 4. The highest BCUT2D eigenvalue weighted by Crippen LogP contribution is 2.33. The smallest absolute Gasteiger partial charge is 0.416 e. The molecule has 122 valence electrons. The molecule has 0 bridgehead atoms. The van der Waals surface area contributed by atoms with Crippen LogP contribution in [0.4, 0.5) is 13.2 Å². The number of hydrogen-bond donors (Lipinski definition) is 2. The highest BCUT2D eigenvalue weighted by atomic mass is 19.4. The van der Waals surface area contributed by atoms with Gasteiger partial charge in [0.15, 0.2) is 6.61 Å². The molecule has 8 heteroatoms. The summed E-state index contributed by atoms with van der Waals surface area (Å²) in [6.45, 7) is 2.68. The van der Waals surface area contributed by atoms with Crippen LogP contribution < -0.4 is 10.1 Å². The summed E-state index contributed by atoms with van der Waals surface area (Å²) in [4.78, 5) is 12.6. The van der Waals surface area contributed by atoms with Gasteiger partial charge in [-0.15, -0.1) is 0 Å². The first kappa shape index (κ1) is 16.6. The van der Waals surface area contributed by atoms with Gasteiger partial charge < -0.3 is 15.2 Å². The van der Waals surface area contributed by atoms with Crippen molar-refractivity contribution in [3.8, 4) is 5.75 Å². The Balaban J connectivity index is 2.21. The second kappa shape index (κ2) is 6.97. The van der Waals surface area contributed by atoms with E-state index in [-0.39, 0.29) is 5.75 Å². The van der Waals surface area contributed by atoms with Crippen LogP contribution in [0, 0.1) is 0 Å². The van der Waals surface area contributed by atoms with E-state index >= 15 is 0 Å². The third-order valence-electron chi connectivity index (χ3n) is 3.34. The Bertz CT molecular complexity index is 529. The summed E-state index contributed by atoms with van der Waals surface area (Å²) in [7, 11) is 0. The second-order valence-corrected chi connectivity index (χ2v) is 5.03. The summed E-state index contributed by atoms with van der Waals surface area (Å²) in [5, 5.41) is 11.8. The molecule has 0 spiro atoms. The molecule has 1 aliphatic rings. The minimum Gasteiger partial charge on any atom is -0.482 e. The Hall–Kier alpha value is -1.80. The molecule has 0 saturated carbocycles. The van der Waals surface area contributed by atoms with E-state index in [1.807, 2.05) is 4.90 Å². The summed E-state index contributed by atoms with van der Waals surface area (Å²) in [6.07, 6.45) is -4.44. The van der Waals surface area contributed by atoms with Crippen molar-refractivity contribution in [3.63, 3.8) is 0 Å². The Morgan fingerprint density at radius 2 is 2.00 bits per heavy atom. The largest absolute Gasteiger partial charge is 0.482 e. The average Bonchev–Trinajstić information content (AvgIpc) is 2.46. The van der Waals surface area contributed by atoms with Crippen LogP contribution in [0.25, 0.3) is 0 Å². The van der Waals surface area contributed by atoms with Gasteiger partial charge in [-0.2, -0.15) is 13.2 Å². The number of alkyl halides is 3. The number of benzene rings is 1. The Kier molecular flexibility index (Phi) is 5.25. The van der Waals surface area contributed by atoms with Gasteiger partial charge in [0.25, 0.3) is 0 Å². The van der Waals surface area contributed by atoms with E-state index < -0.39 is 24.3 Å². The van der Waals surface area contributed by atoms with Gasteiger partial charge in [0.2, 0.25) is 0 Å². The highest BCUT2D eigenvalue weighted by molar-refractivity contribution is 5.68. The fourth-order valence-corrected chi connectivity index (χ4v) is 2.27. The van der Waals surface area contributed by atoms with E-state index in [9.17, 15) is 18.0 Å². The zero-order valence-corrected chi connectivity index (χ0v) is 11.8. The molecule has 1 saturated heterocycles. The van der Waals surface area contributed by atoms with Crippen LogP contribution in [0.2, 0.25) is 0 Å². The van der Waals surface area contributed by atoms with Crippen molar-refractivity contribution in [2.75, 3.05) is 32.8 Å². The summed E-state index contributed by atoms with van der Waals surface area (Å²) < 4.78 is 43.6. The molecular weight excluding hydrogens is 301 g/mol. The lowest BCUT2D eigenvalue weighted by molar-refractivity contribution is -0.140. The first-order chi connectivity index (χ1) is 10.4. The van der Waals surface area contributed by atoms with Crippen LogP contribution in [-0.2, 0) is 17.5 Å². The fourth-order valence-electron chi connectivity index (χ4n) is 2.27. The molecule has 0 aliphatic carbocycles. The molecule has 1 aromatic rings. The third-order valence-corrected chi connectivity index (χ3v) is 3.34. The minimum atomic E-state index is -4.44. The number of carbonyl (C=O) groups is 1. The maximum Gasteiger partial charge on any atom is 0.416 e. The molecule has 0 unspecified atom stereocenters. The maximum absolute atomic E-state index is 12.8. The first-order valence-corrected chi connectivity index (χ1v) is 6.84. The Morgan fingerprint density at radius 3 is 2.59 bits per heavy atom. The van der Waals surface area contributed by atoms with Crippen LogP contribution in [0.1, 0.15) is 11.1 Å². The SMILES string of the molecule is O=C(O)COc1ccc(C(F)(F)F)cc1CN1CCNCC1. The number of carboxylic acids is 1. The van der Waals surface area contributed by atoms with Gasteiger partial charge in [-0.3, -0.25) is 4.90 Å². The predicted octanol–water partition coefficient (Wildman–Crippen LogP) is 1.57. The van der Waals surface area contributed by atoms with E-state index in [2.05, 4.69) is 5.32 Å². The number of piperazine rings is 1. The second-order valence-electron chi connectivity index (χ2n) is 5.03. The topological polar surface area (TPSA) is 61.8 Å². The lowest BCUT2D eigenvalue weighted by atomic mass is 10.1. The molecule has 0 amide bonds.